The molecule has 1 aromatic carbocycles. The van der Waals surface area contributed by atoms with Crippen LogP contribution in [0.2, 0.25) is 0 Å². The molecule has 2 heterocycles. The van der Waals surface area contributed by atoms with Gasteiger partial charge in [-0.3, -0.25) is 4.90 Å². The SMILES string of the molecule is CC1(C)CN(Cc2ccsc2)C(Cc2ccccc2)CN1. The number of benzene rings is 1. The van der Waals surface area contributed by atoms with Crippen LogP contribution in [0, 0.1) is 0 Å². The number of rotatable bonds is 4. The standard InChI is InChI=1S/C18H24N2S/c1-18(2)14-20(12-16-8-9-21-13-16)17(11-19-18)10-15-6-4-3-5-7-15/h3-9,13,17,19H,10-12,14H2,1-2H3. The van der Waals surface area contributed by atoms with Crippen LogP contribution in [0.3, 0.4) is 0 Å². The highest BCUT2D eigenvalue weighted by Crippen LogP contribution is 2.21. The molecule has 0 saturated carbocycles. The molecule has 112 valence electrons. The van der Waals surface area contributed by atoms with E-state index in [0.29, 0.717) is 6.04 Å². The van der Waals surface area contributed by atoms with Crippen LogP contribution in [0.5, 0.6) is 0 Å². The lowest BCUT2D eigenvalue weighted by Gasteiger charge is -2.44. The fraction of sp³-hybridized carbons (Fsp3) is 0.444. The third-order valence-electron chi connectivity index (χ3n) is 4.21. The Balaban J connectivity index is 1.73. The summed E-state index contributed by atoms with van der Waals surface area (Å²) >= 11 is 1.79. The monoisotopic (exact) mass is 300 g/mol. The Kier molecular flexibility index (Phi) is 4.43. The van der Waals surface area contributed by atoms with Crippen LogP contribution in [-0.4, -0.2) is 29.6 Å². The van der Waals surface area contributed by atoms with Crippen LogP contribution in [0.25, 0.3) is 0 Å². The molecule has 2 aromatic rings. The normalized spacial score (nSPS) is 22.3. The first-order valence-corrected chi connectivity index (χ1v) is 8.61. The molecule has 0 spiro atoms. The van der Waals surface area contributed by atoms with Crippen LogP contribution in [-0.2, 0) is 13.0 Å². The van der Waals surface area contributed by atoms with Gasteiger partial charge in [0.25, 0.3) is 0 Å². The summed E-state index contributed by atoms with van der Waals surface area (Å²) in [6.07, 6.45) is 1.12. The first-order valence-electron chi connectivity index (χ1n) is 7.66. The molecule has 3 rings (SSSR count). The Morgan fingerprint density at radius 2 is 2.00 bits per heavy atom. The van der Waals surface area contributed by atoms with Crippen molar-refractivity contribution in [1.82, 2.24) is 10.2 Å². The minimum absolute atomic E-state index is 0.198. The highest BCUT2D eigenvalue weighted by molar-refractivity contribution is 7.07. The second kappa shape index (κ2) is 6.30. The third-order valence-corrected chi connectivity index (χ3v) is 4.94. The first kappa shape index (κ1) is 14.8. The average Bonchev–Trinajstić information content (AvgIpc) is 2.96. The maximum atomic E-state index is 3.70. The molecule has 1 fully saturated rings. The van der Waals surface area contributed by atoms with Crippen molar-refractivity contribution < 1.29 is 0 Å². The molecule has 1 atom stereocenters. The summed E-state index contributed by atoms with van der Waals surface area (Å²) < 4.78 is 0. The van der Waals surface area contributed by atoms with Gasteiger partial charge in [-0.2, -0.15) is 11.3 Å². The zero-order chi connectivity index (χ0) is 14.7. The van der Waals surface area contributed by atoms with Crippen LogP contribution in [0.15, 0.2) is 47.2 Å². The van der Waals surface area contributed by atoms with Gasteiger partial charge in [0, 0.05) is 31.2 Å². The van der Waals surface area contributed by atoms with Gasteiger partial charge in [-0.1, -0.05) is 30.3 Å². The number of nitrogens with zero attached hydrogens (tertiary/aromatic N) is 1. The summed E-state index contributed by atoms with van der Waals surface area (Å²) in [6.45, 7) is 7.82. The van der Waals surface area contributed by atoms with Gasteiger partial charge in [-0.05, 0) is 48.2 Å². The summed E-state index contributed by atoms with van der Waals surface area (Å²) in [6, 6.07) is 13.7. The summed E-state index contributed by atoms with van der Waals surface area (Å²) in [5.41, 5.74) is 3.07. The predicted octanol–water partition coefficient (Wildman–Crippen LogP) is 3.54. The molecule has 1 aliphatic rings. The van der Waals surface area contributed by atoms with Gasteiger partial charge in [0.15, 0.2) is 0 Å². The summed E-state index contributed by atoms with van der Waals surface area (Å²) in [7, 11) is 0. The van der Waals surface area contributed by atoms with E-state index in [9.17, 15) is 0 Å². The molecule has 1 N–H and O–H groups in total. The van der Waals surface area contributed by atoms with Crippen molar-refractivity contribution in [2.45, 2.75) is 38.4 Å². The average molecular weight is 300 g/mol. The number of hydrogen-bond acceptors (Lipinski definition) is 3. The van der Waals surface area contributed by atoms with E-state index in [-0.39, 0.29) is 5.54 Å². The maximum absolute atomic E-state index is 3.70. The molecular weight excluding hydrogens is 276 g/mol. The van der Waals surface area contributed by atoms with Crippen LogP contribution in [0.1, 0.15) is 25.0 Å². The number of hydrogen-bond donors (Lipinski definition) is 1. The molecule has 0 amide bonds. The van der Waals surface area contributed by atoms with Crippen molar-refractivity contribution in [2.75, 3.05) is 13.1 Å². The fourth-order valence-corrected chi connectivity index (χ4v) is 3.77. The number of piperazine rings is 1. The fourth-order valence-electron chi connectivity index (χ4n) is 3.11. The Bertz CT molecular complexity index is 548. The van der Waals surface area contributed by atoms with Gasteiger partial charge in [-0.25, -0.2) is 0 Å². The zero-order valence-electron chi connectivity index (χ0n) is 12.9. The van der Waals surface area contributed by atoms with E-state index in [1.165, 1.54) is 11.1 Å². The largest absolute Gasteiger partial charge is 0.309 e. The third kappa shape index (κ3) is 3.94. The number of nitrogens with one attached hydrogen (secondary N) is 1. The second-order valence-corrected chi connectivity index (χ2v) is 7.42. The lowest BCUT2D eigenvalue weighted by molar-refractivity contribution is 0.0881. The lowest BCUT2D eigenvalue weighted by atomic mass is 9.95. The van der Waals surface area contributed by atoms with Crippen LogP contribution >= 0.6 is 11.3 Å². The minimum Gasteiger partial charge on any atom is -0.309 e. The van der Waals surface area contributed by atoms with Gasteiger partial charge in [-0.15, -0.1) is 0 Å². The van der Waals surface area contributed by atoms with E-state index in [1.807, 2.05) is 0 Å². The van der Waals surface area contributed by atoms with Crippen molar-refractivity contribution in [3.63, 3.8) is 0 Å². The van der Waals surface area contributed by atoms with Gasteiger partial charge >= 0.3 is 0 Å². The smallest absolute Gasteiger partial charge is 0.0265 e. The summed E-state index contributed by atoms with van der Waals surface area (Å²) in [5.74, 6) is 0. The van der Waals surface area contributed by atoms with Gasteiger partial charge in [0.05, 0.1) is 0 Å². The quantitative estimate of drug-likeness (QED) is 0.929. The molecule has 2 nitrogen and oxygen atoms in total. The van der Waals surface area contributed by atoms with Crippen LogP contribution in [0.4, 0.5) is 0 Å². The van der Waals surface area contributed by atoms with E-state index in [2.05, 4.69) is 71.2 Å². The van der Waals surface area contributed by atoms with Gasteiger partial charge < -0.3 is 5.32 Å². The molecule has 0 aliphatic carbocycles. The van der Waals surface area contributed by atoms with Crippen molar-refractivity contribution >= 4 is 11.3 Å². The second-order valence-electron chi connectivity index (χ2n) is 6.64. The highest BCUT2D eigenvalue weighted by atomic mass is 32.1. The zero-order valence-corrected chi connectivity index (χ0v) is 13.7. The van der Waals surface area contributed by atoms with Crippen molar-refractivity contribution in [2.24, 2.45) is 0 Å². The van der Waals surface area contributed by atoms with E-state index >= 15 is 0 Å². The summed E-state index contributed by atoms with van der Waals surface area (Å²) in [4.78, 5) is 2.64. The van der Waals surface area contributed by atoms with Gasteiger partial charge in [0.1, 0.15) is 0 Å². The topological polar surface area (TPSA) is 15.3 Å². The van der Waals surface area contributed by atoms with Crippen LogP contribution < -0.4 is 5.32 Å². The molecule has 0 radical (unpaired) electrons. The molecule has 0 bridgehead atoms. The first-order chi connectivity index (χ1) is 10.1. The van der Waals surface area contributed by atoms with Crippen molar-refractivity contribution in [3.8, 4) is 0 Å². The molecule has 1 unspecified atom stereocenters. The van der Waals surface area contributed by atoms with E-state index < -0.39 is 0 Å². The number of thiophene rings is 1. The Labute approximate surface area is 131 Å². The molecule has 1 saturated heterocycles. The Morgan fingerprint density at radius 3 is 2.71 bits per heavy atom. The molecule has 3 heteroatoms. The Hall–Kier alpha value is -1.16. The van der Waals surface area contributed by atoms with E-state index in [0.717, 1.165) is 26.1 Å². The summed E-state index contributed by atoms with van der Waals surface area (Å²) in [5, 5.41) is 8.15. The molecular formula is C18H24N2S. The molecule has 1 aromatic heterocycles. The van der Waals surface area contributed by atoms with E-state index in [4.69, 9.17) is 0 Å². The van der Waals surface area contributed by atoms with Crippen molar-refractivity contribution in [3.05, 3.63) is 58.3 Å². The molecule has 1 aliphatic heterocycles. The maximum Gasteiger partial charge on any atom is 0.0265 e. The predicted molar refractivity (Wildman–Crippen MR) is 90.7 cm³/mol. The Morgan fingerprint density at radius 1 is 1.19 bits per heavy atom. The lowest BCUT2D eigenvalue weighted by Crippen LogP contribution is -2.61. The van der Waals surface area contributed by atoms with Crippen molar-refractivity contribution in [1.29, 1.82) is 0 Å². The minimum atomic E-state index is 0.198. The van der Waals surface area contributed by atoms with Gasteiger partial charge in [0.2, 0.25) is 0 Å². The molecule has 21 heavy (non-hydrogen) atoms. The highest BCUT2D eigenvalue weighted by Gasteiger charge is 2.32. The van der Waals surface area contributed by atoms with E-state index in [1.54, 1.807) is 11.3 Å².